The molecule has 0 aliphatic carbocycles. The molecule has 0 saturated heterocycles. The lowest BCUT2D eigenvalue weighted by atomic mass is 10.3. The molecule has 5 nitrogen and oxygen atoms in total. The van der Waals surface area contributed by atoms with Crippen LogP contribution in [0.15, 0.2) is 27.6 Å². The molecule has 0 amide bonds. The smallest absolute Gasteiger partial charge is 0.240 e. The predicted molar refractivity (Wildman–Crippen MR) is 86.1 cm³/mol. The number of nitrogens with one attached hydrogen (secondary N) is 1. The highest BCUT2D eigenvalue weighted by Crippen LogP contribution is 2.22. The first-order chi connectivity index (χ1) is 9.40. The number of halogens is 1. The van der Waals surface area contributed by atoms with Crippen molar-refractivity contribution in [1.29, 1.82) is 0 Å². The number of hydrogen-bond donors (Lipinski definition) is 2. The molecule has 0 bridgehead atoms. The van der Waals surface area contributed by atoms with E-state index in [1.807, 2.05) is 0 Å². The van der Waals surface area contributed by atoms with Crippen molar-refractivity contribution in [2.24, 2.45) is 0 Å². The molecule has 0 unspecified atom stereocenters. The maximum atomic E-state index is 12.1. The van der Waals surface area contributed by atoms with Gasteiger partial charge in [-0.05, 0) is 60.2 Å². The minimum absolute atomic E-state index is 0.195. The van der Waals surface area contributed by atoms with Crippen molar-refractivity contribution >= 4 is 31.6 Å². The van der Waals surface area contributed by atoms with Crippen LogP contribution in [0.2, 0.25) is 0 Å². The summed E-state index contributed by atoms with van der Waals surface area (Å²) in [6, 6.07) is 4.63. The third kappa shape index (κ3) is 5.05. The molecule has 3 N–H and O–H groups in total. The fourth-order valence-corrected chi connectivity index (χ4v) is 3.18. The van der Waals surface area contributed by atoms with Gasteiger partial charge in [-0.15, -0.1) is 0 Å². The third-order valence-electron chi connectivity index (χ3n) is 3.12. The Morgan fingerprint density at radius 3 is 2.50 bits per heavy atom. The minimum Gasteiger partial charge on any atom is -0.398 e. The Labute approximate surface area is 129 Å². The number of benzene rings is 1. The molecule has 0 fully saturated rings. The first kappa shape index (κ1) is 17.4. The maximum absolute atomic E-state index is 12.1. The van der Waals surface area contributed by atoms with Gasteiger partial charge >= 0.3 is 0 Å². The largest absolute Gasteiger partial charge is 0.398 e. The van der Waals surface area contributed by atoms with E-state index in [0.29, 0.717) is 16.7 Å². The Morgan fingerprint density at radius 2 is 1.95 bits per heavy atom. The van der Waals surface area contributed by atoms with Crippen LogP contribution in [0, 0.1) is 0 Å². The van der Waals surface area contributed by atoms with Gasteiger partial charge in [-0.3, -0.25) is 0 Å². The van der Waals surface area contributed by atoms with Crippen molar-refractivity contribution in [1.82, 2.24) is 9.62 Å². The number of nitrogen functional groups attached to an aromatic ring is 1. The summed E-state index contributed by atoms with van der Waals surface area (Å²) >= 11 is 3.25. The van der Waals surface area contributed by atoms with Crippen LogP contribution in [0.3, 0.4) is 0 Å². The monoisotopic (exact) mass is 363 g/mol. The zero-order chi connectivity index (χ0) is 15.2. The van der Waals surface area contributed by atoms with E-state index < -0.39 is 10.0 Å². The van der Waals surface area contributed by atoms with Crippen LogP contribution in [0.5, 0.6) is 0 Å². The van der Waals surface area contributed by atoms with Crippen LogP contribution in [0.1, 0.15) is 20.3 Å². The summed E-state index contributed by atoms with van der Waals surface area (Å²) in [7, 11) is -3.48. The van der Waals surface area contributed by atoms with Gasteiger partial charge in [0.25, 0.3) is 0 Å². The van der Waals surface area contributed by atoms with Crippen LogP contribution >= 0.6 is 15.9 Å². The second kappa shape index (κ2) is 7.97. The molecule has 114 valence electrons. The number of nitrogens with zero attached hydrogens (tertiary/aromatic N) is 1. The van der Waals surface area contributed by atoms with Crippen molar-refractivity contribution < 1.29 is 8.42 Å². The zero-order valence-electron chi connectivity index (χ0n) is 11.9. The van der Waals surface area contributed by atoms with Crippen LogP contribution in [-0.4, -0.2) is 39.5 Å². The molecular weight excluding hydrogens is 342 g/mol. The molecule has 0 atom stereocenters. The van der Waals surface area contributed by atoms with E-state index in [4.69, 9.17) is 5.73 Å². The molecule has 7 heteroatoms. The highest BCUT2D eigenvalue weighted by Gasteiger charge is 2.14. The molecule has 0 aromatic heterocycles. The second-order valence-corrected chi connectivity index (χ2v) is 7.08. The standard InChI is InChI=1S/C13H22BrN3O2S/c1-3-17(4-2)9-5-8-16-20(18,19)11-6-7-12(14)13(15)10-11/h6-7,10,16H,3-5,8-9,15H2,1-2H3. The molecule has 0 heterocycles. The Kier molecular flexibility index (Phi) is 6.94. The summed E-state index contributed by atoms with van der Waals surface area (Å²) in [6.07, 6.45) is 0.785. The van der Waals surface area contributed by atoms with Crippen molar-refractivity contribution in [2.75, 3.05) is 31.9 Å². The molecule has 0 saturated carbocycles. The normalized spacial score (nSPS) is 12.0. The van der Waals surface area contributed by atoms with Gasteiger partial charge in [0.05, 0.1) is 4.90 Å². The summed E-state index contributed by atoms with van der Waals surface area (Å²) in [5.41, 5.74) is 6.12. The van der Waals surface area contributed by atoms with E-state index in [9.17, 15) is 8.42 Å². The molecule has 1 aromatic rings. The van der Waals surface area contributed by atoms with Gasteiger partial charge in [-0.2, -0.15) is 0 Å². The molecule has 0 aliphatic rings. The average molecular weight is 364 g/mol. The maximum Gasteiger partial charge on any atom is 0.240 e. The van der Waals surface area contributed by atoms with Gasteiger partial charge in [0, 0.05) is 16.7 Å². The predicted octanol–water partition coefficient (Wildman–Crippen LogP) is 2.04. The number of sulfonamides is 1. The number of anilines is 1. The fraction of sp³-hybridized carbons (Fsp3) is 0.538. The van der Waals surface area contributed by atoms with Gasteiger partial charge in [-0.25, -0.2) is 13.1 Å². The van der Waals surface area contributed by atoms with E-state index in [1.54, 1.807) is 6.07 Å². The van der Waals surface area contributed by atoms with Crippen molar-refractivity contribution in [3.8, 4) is 0 Å². The highest BCUT2D eigenvalue weighted by molar-refractivity contribution is 9.10. The number of hydrogen-bond acceptors (Lipinski definition) is 4. The van der Waals surface area contributed by atoms with E-state index in [1.165, 1.54) is 12.1 Å². The number of nitrogens with two attached hydrogens (primary N) is 1. The lowest BCUT2D eigenvalue weighted by molar-refractivity contribution is 0.300. The topological polar surface area (TPSA) is 75.4 Å². The summed E-state index contributed by atoms with van der Waals surface area (Å²) in [5.74, 6) is 0. The van der Waals surface area contributed by atoms with Crippen molar-refractivity contribution in [3.63, 3.8) is 0 Å². The molecule has 1 aromatic carbocycles. The minimum atomic E-state index is -3.48. The molecule has 0 aliphatic heterocycles. The average Bonchev–Trinajstić information content (AvgIpc) is 2.42. The van der Waals surface area contributed by atoms with E-state index in [0.717, 1.165) is 26.1 Å². The lowest BCUT2D eigenvalue weighted by Crippen LogP contribution is -2.30. The first-order valence-corrected chi connectivity index (χ1v) is 8.95. The van der Waals surface area contributed by atoms with E-state index in [2.05, 4.69) is 39.4 Å². The summed E-state index contributed by atoms with van der Waals surface area (Å²) in [4.78, 5) is 2.45. The third-order valence-corrected chi connectivity index (χ3v) is 5.30. The van der Waals surface area contributed by atoms with Gasteiger partial charge in [0.2, 0.25) is 10.0 Å². The Balaban J connectivity index is 2.55. The molecule has 0 radical (unpaired) electrons. The van der Waals surface area contributed by atoms with Crippen LogP contribution < -0.4 is 10.5 Å². The van der Waals surface area contributed by atoms with Crippen LogP contribution in [0.25, 0.3) is 0 Å². The number of rotatable bonds is 8. The highest BCUT2D eigenvalue weighted by atomic mass is 79.9. The fourth-order valence-electron chi connectivity index (χ4n) is 1.82. The molecular formula is C13H22BrN3O2S. The van der Waals surface area contributed by atoms with Crippen LogP contribution in [-0.2, 0) is 10.0 Å². The summed E-state index contributed by atoms with van der Waals surface area (Å²) < 4.78 is 27.5. The Hall–Kier alpha value is -0.630. The summed E-state index contributed by atoms with van der Waals surface area (Å²) in [5, 5.41) is 0. The van der Waals surface area contributed by atoms with Gasteiger partial charge < -0.3 is 10.6 Å². The molecule has 1 rings (SSSR count). The SMILES string of the molecule is CCN(CC)CCCNS(=O)(=O)c1ccc(Br)c(N)c1. The van der Waals surface area contributed by atoms with Gasteiger partial charge in [0.1, 0.15) is 0 Å². The van der Waals surface area contributed by atoms with Gasteiger partial charge in [-0.1, -0.05) is 13.8 Å². The van der Waals surface area contributed by atoms with Gasteiger partial charge in [0.15, 0.2) is 0 Å². The Bertz CT molecular complexity index is 530. The van der Waals surface area contributed by atoms with Crippen LogP contribution in [0.4, 0.5) is 5.69 Å². The Morgan fingerprint density at radius 1 is 1.30 bits per heavy atom. The zero-order valence-corrected chi connectivity index (χ0v) is 14.3. The quantitative estimate of drug-likeness (QED) is 0.547. The molecule has 20 heavy (non-hydrogen) atoms. The second-order valence-electron chi connectivity index (χ2n) is 4.46. The van der Waals surface area contributed by atoms with E-state index in [-0.39, 0.29) is 4.90 Å². The van der Waals surface area contributed by atoms with E-state index >= 15 is 0 Å². The van der Waals surface area contributed by atoms with Crippen molar-refractivity contribution in [3.05, 3.63) is 22.7 Å². The lowest BCUT2D eigenvalue weighted by Gasteiger charge is -2.17. The molecule has 0 spiro atoms. The van der Waals surface area contributed by atoms with Crippen molar-refractivity contribution in [2.45, 2.75) is 25.2 Å². The first-order valence-electron chi connectivity index (χ1n) is 6.67. The summed E-state index contributed by atoms with van der Waals surface area (Å²) in [6.45, 7) is 7.46.